The minimum absolute atomic E-state index is 0.366. The first kappa shape index (κ1) is 16.0. The molecular weight excluding hydrogens is 296 g/mol. The highest BCUT2D eigenvalue weighted by molar-refractivity contribution is 5.82. The fourth-order valence-electron chi connectivity index (χ4n) is 4.79. The molecule has 1 N–H and O–H groups in total. The summed E-state index contributed by atoms with van der Waals surface area (Å²) in [6.45, 7) is 3.67. The number of rotatable bonds is 4. The zero-order valence-corrected chi connectivity index (χ0v) is 14.4. The van der Waals surface area contributed by atoms with E-state index in [2.05, 4.69) is 16.0 Å². The number of hydrogen-bond acceptors (Lipinski definition) is 3. The zero-order valence-electron chi connectivity index (χ0n) is 14.4. The molecule has 2 fully saturated rings. The lowest BCUT2D eigenvalue weighted by molar-refractivity contribution is 0.0685. The third-order valence-corrected chi connectivity index (χ3v) is 6.07. The van der Waals surface area contributed by atoms with Crippen LogP contribution in [0.2, 0.25) is 0 Å². The van der Waals surface area contributed by atoms with Crippen molar-refractivity contribution in [2.45, 2.75) is 44.6 Å². The molecule has 0 bridgehead atoms. The Hall–Kier alpha value is -1.45. The average Bonchev–Trinajstić information content (AvgIpc) is 3.09. The number of pyridine rings is 1. The summed E-state index contributed by atoms with van der Waals surface area (Å²) in [6, 6.07) is 10.2. The number of nitrogens with zero attached hydrogens (tertiary/aromatic N) is 2. The van der Waals surface area contributed by atoms with Crippen LogP contribution in [0.1, 0.15) is 50.2 Å². The number of aliphatic hydroxyl groups excluding tert-OH is 1. The molecular formula is C21H28N2O. The van der Waals surface area contributed by atoms with Crippen molar-refractivity contribution in [2.75, 3.05) is 19.6 Å². The largest absolute Gasteiger partial charge is 0.388 e. The molecule has 3 heteroatoms. The SMILES string of the molecule is OC(c1ccnc2ccccc12)C1CCCC1CN1CCCCC1. The predicted molar refractivity (Wildman–Crippen MR) is 97.8 cm³/mol. The van der Waals surface area contributed by atoms with Crippen LogP contribution in [-0.4, -0.2) is 34.6 Å². The lowest BCUT2D eigenvalue weighted by Crippen LogP contribution is -2.36. The zero-order chi connectivity index (χ0) is 16.4. The number of aliphatic hydroxyl groups is 1. The van der Waals surface area contributed by atoms with E-state index in [1.165, 1.54) is 51.7 Å². The van der Waals surface area contributed by atoms with Gasteiger partial charge in [0.2, 0.25) is 0 Å². The molecule has 3 atom stereocenters. The molecule has 2 aliphatic rings. The van der Waals surface area contributed by atoms with Gasteiger partial charge in [-0.15, -0.1) is 0 Å². The van der Waals surface area contributed by atoms with Gasteiger partial charge in [-0.1, -0.05) is 31.0 Å². The van der Waals surface area contributed by atoms with E-state index in [0.29, 0.717) is 11.8 Å². The van der Waals surface area contributed by atoms with Gasteiger partial charge in [0, 0.05) is 18.1 Å². The number of likely N-dealkylation sites (tertiary alicyclic amines) is 1. The van der Waals surface area contributed by atoms with Gasteiger partial charge in [-0.2, -0.15) is 0 Å². The highest BCUT2D eigenvalue weighted by Crippen LogP contribution is 2.42. The molecule has 3 nitrogen and oxygen atoms in total. The van der Waals surface area contributed by atoms with Gasteiger partial charge in [-0.05, 0) is 68.3 Å². The van der Waals surface area contributed by atoms with E-state index >= 15 is 0 Å². The molecule has 1 aromatic carbocycles. The molecule has 1 aromatic heterocycles. The summed E-state index contributed by atoms with van der Waals surface area (Å²) in [6.07, 6.45) is 9.21. The van der Waals surface area contributed by atoms with Crippen molar-refractivity contribution in [3.05, 3.63) is 42.1 Å². The molecule has 0 spiro atoms. The Morgan fingerprint density at radius 2 is 1.88 bits per heavy atom. The summed E-state index contributed by atoms with van der Waals surface area (Å²) in [5, 5.41) is 12.3. The van der Waals surface area contributed by atoms with Gasteiger partial charge in [0.05, 0.1) is 11.6 Å². The molecule has 128 valence electrons. The first-order valence-corrected chi connectivity index (χ1v) is 9.57. The quantitative estimate of drug-likeness (QED) is 0.917. The molecule has 24 heavy (non-hydrogen) atoms. The van der Waals surface area contributed by atoms with Gasteiger partial charge < -0.3 is 10.0 Å². The van der Waals surface area contributed by atoms with Crippen LogP contribution in [0.5, 0.6) is 0 Å². The number of benzene rings is 1. The Labute approximate surface area is 144 Å². The first-order chi connectivity index (χ1) is 11.8. The maximum absolute atomic E-state index is 11.2. The van der Waals surface area contributed by atoms with E-state index < -0.39 is 0 Å². The molecule has 1 saturated carbocycles. The number of fused-ring (bicyclic) bond motifs is 1. The second-order valence-electron chi connectivity index (χ2n) is 7.58. The molecule has 1 saturated heterocycles. The Kier molecular flexibility index (Phi) is 4.81. The van der Waals surface area contributed by atoms with E-state index in [1.807, 2.05) is 30.5 Å². The molecule has 2 aromatic rings. The third-order valence-electron chi connectivity index (χ3n) is 6.07. The Morgan fingerprint density at radius 3 is 2.75 bits per heavy atom. The predicted octanol–water partition coefficient (Wildman–Crippen LogP) is 4.17. The lowest BCUT2D eigenvalue weighted by atomic mass is 9.85. The number of piperidine rings is 1. The average molecular weight is 324 g/mol. The van der Waals surface area contributed by atoms with Crippen molar-refractivity contribution in [3.63, 3.8) is 0 Å². The van der Waals surface area contributed by atoms with Crippen molar-refractivity contribution in [1.29, 1.82) is 0 Å². The van der Waals surface area contributed by atoms with E-state index in [-0.39, 0.29) is 6.10 Å². The topological polar surface area (TPSA) is 36.4 Å². The smallest absolute Gasteiger partial charge is 0.0828 e. The van der Waals surface area contributed by atoms with Crippen molar-refractivity contribution in [1.82, 2.24) is 9.88 Å². The highest BCUT2D eigenvalue weighted by Gasteiger charge is 2.35. The van der Waals surface area contributed by atoms with Crippen molar-refractivity contribution in [3.8, 4) is 0 Å². The summed E-state index contributed by atoms with van der Waals surface area (Å²) >= 11 is 0. The summed E-state index contributed by atoms with van der Waals surface area (Å²) < 4.78 is 0. The Bertz CT molecular complexity index is 675. The second kappa shape index (κ2) is 7.20. The molecule has 3 unspecified atom stereocenters. The van der Waals surface area contributed by atoms with E-state index in [9.17, 15) is 5.11 Å². The molecule has 0 radical (unpaired) electrons. The minimum atomic E-state index is -0.366. The maximum Gasteiger partial charge on any atom is 0.0828 e. The summed E-state index contributed by atoms with van der Waals surface area (Å²) in [7, 11) is 0. The van der Waals surface area contributed by atoms with Crippen LogP contribution in [0, 0.1) is 11.8 Å². The molecule has 1 aliphatic carbocycles. The number of para-hydroxylation sites is 1. The highest BCUT2D eigenvalue weighted by atomic mass is 16.3. The molecule has 0 amide bonds. The van der Waals surface area contributed by atoms with Crippen LogP contribution in [0.3, 0.4) is 0 Å². The minimum Gasteiger partial charge on any atom is -0.388 e. The lowest BCUT2D eigenvalue weighted by Gasteiger charge is -2.33. The van der Waals surface area contributed by atoms with Crippen LogP contribution < -0.4 is 0 Å². The van der Waals surface area contributed by atoms with Crippen LogP contribution in [-0.2, 0) is 0 Å². The van der Waals surface area contributed by atoms with Gasteiger partial charge in [0.1, 0.15) is 0 Å². The van der Waals surface area contributed by atoms with E-state index in [0.717, 1.165) is 22.9 Å². The Balaban J connectivity index is 1.54. The summed E-state index contributed by atoms with van der Waals surface area (Å²) in [5.74, 6) is 1.02. The maximum atomic E-state index is 11.2. The van der Waals surface area contributed by atoms with E-state index in [1.54, 1.807) is 0 Å². The first-order valence-electron chi connectivity index (χ1n) is 9.57. The number of hydrogen-bond donors (Lipinski definition) is 1. The second-order valence-corrected chi connectivity index (χ2v) is 7.58. The molecule has 1 aliphatic heterocycles. The fraction of sp³-hybridized carbons (Fsp3) is 0.571. The van der Waals surface area contributed by atoms with Gasteiger partial charge in [-0.3, -0.25) is 4.98 Å². The normalized spacial score (nSPS) is 26.7. The monoisotopic (exact) mass is 324 g/mol. The van der Waals surface area contributed by atoms with Crippen LogP contribution in [0.4, 0.5) is 0 Å². The standard InChI is InChI=1S/C21H28N2O/c24-21(19-11-12-22-20-10-3-2-8-18(19)20)17-9-6-7-16(17)15-23-13-4-1-5-14-23/h2-3,8,10-12,16-17,21,24H,1,4-7,9,13-15H2. The molecule has 4 rings (SSSR count). The van der Waals surface area contributed by atoms with Crippen LogP contribution in [0.25, 0.3) is 10.9 Å². The molecule has 2 heterocycles. The van der Waals surface area contributed by atoms with Gasteiger partial charge in [0.15, 0.2) is 0 Å². The van der Waals surface area contributed by atoms with Crippen molar-refractivity contribution >= 4 is 10.9 Å². The van der Waals surface area contributed by atoms with Gasteiger partial charge in [-0.25, -0.2) is 0 Å². The van der Waals surface area contributed by atoms with Crippen molar-refractivity contribution in [2.24, 2.45) is 11.8 Å². The van der Waals surface area contributed by atoms with Crippen LogP contribution >= 0.6 is 0 Å². The van der Waals surface area contributed by atoms with Crippen molar-refractivity contribution < 1.29 is 5.11 Å². The summed E-state index contributed by atoms with van der Waals surface area (Å²) in [4.78, 5) is 7.07. The fourth-order valence-corrected chi connectivity index (χ4v) is 4.79. The third kappa shape index (κ3) is 3.20. The Morgan fingerprint density at radius 1 is 1.04 bits per heavy atom. The van der Waals surface area contributed by atoms with Gasteiger partial charge >= 0.3 is 0 Å². The van der Waals surface area contributed by atoms with Gasteiger partial charge in [0.25, 0.3) is 0 Å². The summed E-state index contributed by atoms with van der Waals surface area (Å²) in [5.41, 5.74) is 2.05. The van der Waals surface area contributed by atoms with E-state index in [4.69, 9.17) is 0 Å². The number of aromatic nitrogens is 1. The van der Waals surface area contributed by atoms with Crippen LogP contribution in [0.15, 0.2) is 36.5 Å².